The molecule has 0 aliphatic carbocycles. The van der Waals surface area contributed by atoms with Gasteiger partial charge in [-0.25, -0.2) is 17.8 Å². The van der Waals surface area contributed by atoms with E-state index in [1.807, 2.05) is 13.8 Å². The average Bonchev–Trinajstić information content (AvgIpc) is 3.14. The first-order valence-corrected chi connectivity index (χ1v) is 11.4. The summed E-state index contributed by atoms with van der Waals surface area (Å²) < 4.78 is 45.4. The molecule has 3 heterocycles. The fourth-order valence-corrected chi connectivity index (χ4v) is 5.06. The number of carbonyl (C=O) groups excluding carboxylic acids is 1. The number of nitrogens with zero attached hydrogens (tertiary/aromatic N) is 4. The molecule has 1 fully saturated rings. The molecule has 1 saturated heterocycles. The van der Waals surface area contributed by atoms with E-state index in [0.29, 0.717) is 22.4 Å². The van der Waals surface area contributed by atoms with Gasteiger partial charge in [0.05, 0.1) is 21.5 Å². The minimum absolute atomic E-state index is 0.0335. The van der Waals surface area contributed by atoms with Crippen molar-refractivity contribution in [3.8, 4) is 0 Å². The number of fused-ring (bicyclic) bond motifs is 1. The Bertz CT molecular complexity index is 1230. The zero-order valence-corrected chi connectivity index (χ0v) is 18.3. The van der Waals surface area contributed by atoms with E-state index >= 15 is 0 Å². The number of pyridine rings is 1. The van der Waals surface area contributed by atoms with Crippen LogP contribution in [0.3, 0.4) is 0 Å². The minimum atomic E-state index is -3.75. The zero-order valence-electron chi connectivity index (χ0n) is 17.5. The molecule has 1 aromatic carbocycles. The van der Waals surface area contributed by atoms with Crippen molar-refractivity contribution >= 4 is 27.0 Å². The van der Waals surface area contributed by atoms with Crippen LogP contribution in [0.4, 0.5) is 4.39 Å². The van der Waals surface area contributed by atoms with Crippen molar-refractivity contribution in [3.63, 3.8) is 0 Å². The molecule has 2 aromatic heterocycles. The fourth-order valence-electron chi connectivity index (χ4n) is 3.64. The quantitative estimate of drug-likeness (QED) is 0.611. The molecule has 31 heavy (non-hydrogen) atoms. The molecule has 0 spiro atoms. The number of sulfonamides is 1. The van der Waals surface area contributed by atoms with E-state index < -0.39 is 15.8 Å². The molecular formula is C21H23FN4O4S. The van der Waals surface area contributed by atoms with Gasteiger partial charge in [-0.1, -0.05) is 19.0 Å². The first-order valence-electron chi connectivity index (χ1n) is 10.0. The monoisotopic (exact) mass is 446 g/mol. The summed E-state index contributed by atoms with van der Waals surface area (Å²) in [5.74, 6) is -0.610. The third kappa shape index (κ3) is 3.92. The van der Waals surface area contributed by atoms with Crippen LogP contribution in [0.5, 0.6) is 0 Å². The SMILES string of the molecule is Cc1noc2nc(C(C)C)cc(C(=O)N3CCN(S(=O)(=O)c4ccc(F)cc4)CC3)c12. The number of aromatic nitrogens is 2. The Hall–Kier alpha value is -2.85. The molecule has 4 rings (SSSR count). The molecule has 164 valence electrons. The highest BCUT2D eigenvalue weighted by Crippen LogP contribution is 2.27. The highest BCUT2D eigenvalue weighted by atomic mass is 32.2. The van der Waals surface area contributed by atoms with Gasteiger partial charge in [-0.05, 0) is 43.2 Å². The number of carbonyl (C=O) groups is 1. The number of aryl methyl sites for hydroxylation is 1. The van der Waals surface area contributed by atoms with Crippen LogP contribution >= 0.6 is 0 Å². The standard InChI is InChI=1S/C21H23FN4O4S/c1-13(2)18-12-17(19-14(3)24-30-20(19)23-18)21(27)25-8-10-26(11-9-25)31(28,29)16-6-4-15(22)5-7-16/h4-7,12-13H,8-11H2,1-3H3. The van der Waals surface area contributed by atoms with Crippen molar-refractivity contribution in [2.24, 2.45) is 0 Å². The Morgan fingerprint density at radius 3 is 2.39 bits per heavy atom. The molecule has 0 radical (unpaired) electrons. The number of rotatable bonds is 4. The summed E-state index contributed by atoms with van der Waals surface area (Å²) in [6, 6.07) is 6.50. The van der Waals surface area contributed by atoms with Gasteiger partial charge in [0.1, 0.15) is 5.82 Å². The lowest BCUT2D eigenvalue weighted by Gasteiger charge is -2.34. The van der Waals surface area contributed by atoms with E-state index in [9.17, 15) is 17.6 Å². The third-order valence-corrected chi connectivity index (χ3v) is 7.35. The van der Waals surface area contributed by atoms with Gasteiger partial charge < -0.3 is 9.42 Å². The second-order valence-electron chi connectivity index (χ2n) is 7.85. The Morgan fingerprint density at radius 2 is 1.77 bits per heavy atom. The number of piperazine rings is 1. The van der Waals surface area contributed by atoms with Gasteiger partial charge in [0, 0.05) is 31.9 Å². The van der Waals surface area contributed by atoms with E-state index in [-0.39, 0.29) is 42.9 Å². The lowest BCUT2D eigenvalue weighted by molar-refractivity contribution is 0.0699. The third-order valence-electron chi connectivity index (χ3n) is 5.44. The van der Waals surface area contributed by atoms with Crippen molar-refractivity contribution in [2.45, 2.75) is 31.6 Å². The van der Waals surface area contributed by atoms with E-state index in [4.69, 9.17) is 4.52 Å². The summed E-state index contributed by atoms with van der Waals surface area (Å²) in [4.78, 5) is 19.4. The van der Waals surface area contributed by atoms with Gasteiger partial charge in [0.2, 0.25) is 10.0 Å². The Kier molecular flexibility index (Phi) is 5.52. The molecule has 0 atom stereocenters. The fraction of sp³-hybridized carbons (Fsp3) is 0.381. The molecular weight excluding hydrogens is 423 g/mol. The molecule has 1 aliphatic heterocycles. The average molecular weight is 447 g/mol. The lowest BCUT2D eigenvalue weighted by Crippen LogP contribution is -2.50. The van der Waals surface area contributed by atoms with Crippen LogP contribution in [-0.2, 0) is 10.0 Å². The van der Waals surface area contributed by atoms with Crippen LogP contribution in [0.1, 0.15) is 41.5 Å². The summed E-state index contributed by atoms with van der Waals surface area (Å²) in [5, 5.41) is 4.53. The number of benzene rings is 1. The summed E-state index contributed by atoms with van der Waals surface area (Å²) in [5.41, 5.74) is 2.09. The van der Waals surface area contributed by atoms with Crippen molar-refractivity contribution in [3.05, 3.63) is 53.1 Å². The first kappa shape index (κ1) is 21.4. The van der Waals surface area contributed by atoms with Crippen LogP contribution in [0.15, 0.2) is 39.8 Å². The van der Waals surface area contributed by atoms with Gasteiger partial charge in [0.15, 0.2) is 0 Å². The Morgan fingerprint density at radius 1 is 1.13 bits per heavy atom. The van der Waals surface area contributed by atoms with Crippen LogP contribution in [0, 0.1) is 12.7 Å². The summed E-state index contributed by atoms with van der Waals surface area (Å²) in [7, 11) is -3.75. The number of hydrogen-bond donors (Lipinski definition) is 0. The van der Waals surface area contributed by atoms with Gasteiger partial charge in [0.25, 0.3) is 11.6 Å². The van der Waals surface area contributed by atoms with Gasteiger partial charge >= 0.3 is 0 Å². The maximum atomic E-state index is 13.3. The topological polar surface area (TPSA) is 96.6 Å². The molecule has 1 amide bonds. The minimum Gasteiger partial charge on any atom is -0.336 e. The number of hydrogen-bond acceptors (Lipinski definition) is 6. The van der Waals surface area contributed by atoms with E-state index in [0.717, 1.165) is 17.8 Å². The van der Waals surface area contributed by atoms with Crippen molar-refractivity contribution in [1.29, 1.82) is 0 Å². The normalized spacial score (nSPS) is 15.7. The summed E-state index contributed by atoms with van der Waals surface area (Å²) in [6.45, 7) is 6.50. The zero-order chi connectivity index (χ0) is 22.3. The predicted octanol–water partition coefficient (Wildman–Crippen LogP) is 2.94. The first-order chi connectivity index (χ1) is 14.7. The second kappa shape index (κ2) is 8.01. The molecule has 0 saturated carbocycles. The molecule has 10 heteroatoms. The molecule has 0 bridgehead atoms. The van der Waals surface area contributed by atoms with Crippen LogP contribution in [0.25, 0.3) is 11.1 Å². The Balaban J connectivity index is 1.56. The van der Waals surface area contributed by atoms with Crippen molar-refractivity contribution in [1.82, 2.24) is 19.3 Å². The smallest absolute Gasteiger partial charge is 0.259 e. The molecule has 1 aliphatic rings. The maximum absolute atomic E-state index is 13.3. The van der Waals surface area contributed by atoms with E-state index in [1.165, 1.54) is 16.4 Å². The molecule has 8 nitrogen and oxygen atoms in total. The molecule has 0 unspecified atom stereocenters. The highest BCUT2D eigenvalue weighted by Gasteiger charge is 2.32. The van der Waals surface area contributed by atoms with Gasteiger partial charge in [-0.3, -0.25) is 4.79 Å². The summed E-state index contributed by atoms with van der Waals surface area (Å²) >= 11 is 0. The summed E-state index contributed by atoms with van der Waals surface area (Å²) in [6.07, 6.45) is 0. The maximum Gasteiger partial charge on any atom is 0.259 e. The predicted molar refractivity (Wildman–Crippen MR) is 112 cm³/mol. The van der Waals surface area contributed by atoms with Gasteiger partial charge in [-0.2, -0.15) is 4.31 Å². The number of amides is 1. The van der Waals surface area contributed by atoms with Crippen LogP contribution in [-0.4, -0.2) is 59.8 Å². The van der Waals surface area contributed by atoms with Gasteiger partial charge in [-0.15, -0.1) is 0 Å². The number of halogens is 1. The highest BCUT2D eigenvalue weighted by molar-refractivity contribution is 7.89. The van der Waals surface area contributed by atoms with E-state index in [1.54, 1.807) is 17.9 Å². The molecule has 0 N–H and O–H groups in total. The largest absolute Gasteiger partial charge is 0.336 e. The van der Waals surface area contributed by atoms with Crippen molar-refractivity contribution < 1.29 is 22.1 Å². The van der Waals surface area contributed by atoms with Crippen molar-refractivity contribution in [2.75, 3.05) is 26.2 Å². The van der Waals surface area contributed by atoms with Crippen LogP contribution < -0.4 is 0 Å². The second-order valence-corrected chi connectivity index (χ2v) is 9.79. The van der Waals surface area contributed by atoms with E-state index in [2.05, 4.69) is 10.1 Å². The Labute approximate surface area is 179 Å². The van der Waals surface area contributed by atoms with Crippen LogP contribution in [0.2, 0.25) is 0 Å². The lowest BCUT2D eigenvalue weighted by atomic mass is 10.0. The molecule has 3 aromatic rings.